The van der Waals surface area contributed by atoms with E-state index in [1.54, 1.807) is 6.92 Å². The Bertz CT molecular complexity index is 272. The molecule has 6 heteroatoms. The average Bonchev–Trinajstić information content (AvgIpc) is 2.19. The van der Waals surface area contributed by atoms with E-state index < -0.39 is 28.3 Å². The summed E-state index contributed by atoms with van der Waals surface area (Å²) >= 11 is 0. The van der Waals surface area contributed by atoms with E-state index in [4.69, 9.17) is 14.0 Å². The van der Waals surface area contributed by atoms with Crippen LogP contribution in [0.3, 0.4) is 0 Å². The lowest BCUT2D eigenvalue weighted by atomic mass is 9.97. The zero-order valence-electron chi connectivity index (χ0n) is 8.89. The summed E-state index contributed by atoms with van der Waals surface area (Å²) in [7, 11) is -3.54. The third kappa shape index (κ3) is 3.41. The van der Waals surface area contributed by atoms with E-state index in [0.29, 0.717) is 12.8 Å². The molecule has 0 aliphatic heterocycles. The Hall–Kier alpha value is -0.170. The summed E-state index contributed by atoms with van der Waals surface area (Å²) in [5.74, 6) is 0. The van der Waals surface area contributed by atoms with Gasteiger partial charge in [-0.2, -0.15) is 8.42 Å². The maximum absolute atomic E-state index is 11.7. The van der Waals surface area contributed by atoms with E-state index >= 15 is 0 Å². The Kier molecular flexibility index (Phi) is 4.98. The fourth-order valence-electron chi connectivity index (χ4n) is 1.93. The van der Waals surface area contributed by atoms with Gasteiger partial charge in [-0.15, -0.1) is 0 Å². The minimum atomic E-state index is -3.54. The standard InChI is InChI=1S/C9H18O5S/c1-2-14-15(11,12)9-6-4-3-5-8(9)13-7-10/h8-10H,2-7H2,1H3. The summed E-state index contributed by atoms with van der Waals surface area (Å²) in [6, 6.07) is 0. The van der Waals surface area contributed by atoms with Crippen molar-refractivity contribution >= 4 is 10.1 Å². The Morgan fingerprint density at radius 3 is 2.60 bits per heavy atom. The predicted octanol–water partition coefficient (Wildman–Crippen LogP) is 0.630. The molecule has 0 bridgehead atoms. The summed E-state index contributed by atoms with van der Waals surface area (Å²) < 4.78 is 33.2. The van der Waals surface area contributed by atoms with Gasteiger partial charge < -0.3 is 9.84 Å². The average molecular weight is 238 g/mol. The molecule has 1 aliphatic carbocycles. The van der Waals surface area contributed by atoms with Gasteiger partial charge in [0.1, 0.15) is 12.0 Å². The molecule has 2 atom stereocenters. The SMILES string of the molecule is CCOS(=O)(=O)C1CCCCC1OCO. The van der Waals surface area contributed by atoms with Crippen molar-refractivity contribution in [2.24, 2.45) is 0 Å². The molecule has 0 aromatic carbocycles. The molecule has 1 N–H and O–H groups in total. The van der Waals surface area contributed by atoms with E-state index in [1.807, 2.05) is 0 Å². The van der Waals surface area contributed by atoms with Crippen LogP contribution < -0.4 is 0 Å². The molecule has 90 valence electrons. The molecule has 0 saturated heterocycles. The maximum atomic E-state index is 11.7. The molecule has 1 fully saturated rings. The van der Waals surface area contributed by atoms with E-state index in [2.05, 4.69) is 0 Å². The number of ether oxygens (including phenoxy) is 1. The van der Waals surface area contributed by atoms with Crippen LogP contribution in [0.5, 0.6) is 0 Å². The largest absolute Gasteiger partial charge is 0.371 e. The monoisotopic (exact) mass is 238 g/mol. The molecular formula is C9H18O5S. The number of aliphatic hydroxyl groups excluding tert-OH is 1. The third-order valence-electron chi connectivity index (χ3n) is 2.58. The number of hydrogen-bond acceptors (Lipinski definition) is 5. The van der Waals surface area contributed by atoms with Gasteiger partial charge in [0.05, 0.1) is 12.7 Å². The fourth-order valence-corrected chi connectivity index (χ4v) is 3.48. The van der Waals surface area contributed by atoms with Crippen molar-refractivity contribution in [2.45, 2.75) is 44.0 Å². The highest BCUT2D eigenvalue weighted by Crippen LogP contribution is 2.27. The van der Waals surface area contributed by atoms with E-state index in [1.165, 1.54) is 0 Å². The van der Waals surface area contributed by atoms with E-state index in [-0.39, 0.29) is 6.61 Å². The molecule has 1 rings (SSSR count). The second kappa shape index (κ2) is 5.79. The van der Waals surface area contributed by atoms with Gasteiger partial charge in [0.15, 0.2) is 0 Å². The van der Waals surface area contributed by atoms with Crippen LogP contribution >= 0.6 is 0 Å². The molecule has 0 amide bonds. The van der Waals surface area contributed by atoms with Crippen LogP contribution in [0.25, 0.3) is 0 Å². The Morgan fingerprint density at radius 2 is 2.00 bits per heavy atom. The molecule has 0 spiro atoms. The van der Waals surface area contributed by atoms with Gasteiger partial charge in [-0.1, -0.05) is 12.8 Å². The molecule has 15 heavy (non-hydrogen) atoms. The minimum absolute atomic E-state index is 0.144. The summed E-state index contributed by atoms with van der Waals surface area (Å²) in [6.07, 6.45) is 2.58. The zero-order valence-corrected chi connectivity index (χ0v) is 9.70. The number of rotatable bonds is 5. The van der Waals surface area contributed by atoms with Crippen molar-refractivity contribution in [1.29, 1.82) is 0 Å². The first kappa shape index (κ1) is 12.9. The molecule has 0 heterocycles. The van der Waals surface area contributed by atoms with Crippen LogP contribution in [0.4, 0.5) is 0 Å². The first-order chi connectivity index (χ1) is 7.11. The van der Waals surface area contributed by atoms with Gasteiger partial charge in [0.25, 0.3) is 10.1 Å². The molecule has 0 aromatic heterocycles. The Balaban J connectivity index is 2.70. The number of aliphatic hydroxyl groups is 1. The summed E-state index contributed by atoms with van der Waals surface area (Å²) in [6.45, 7) is 1.34. The van der Waals surface area contributed by atoms with Crippen LogP contribution in [0.15, 0.2) is 0 Å². The molecule has 2 unspecified atom stereocenters. The van der Waals surface area contributed by atoms with E-state index in [0.717, 1.165) is 12.8 Å². The first-order valence-corrected chi connectivity index (χ1v) is 6.69. The van der Waals surface area contributed by atoms with Gasteiger partial charge in [0.2, 0.25) is 0 Å². The Morgan fingerprint density at radius 1 is 1.33 bits per heavy atom. The number of hydrogen-bond donors (Lipinski definition) is 1. The third-order valence-corrected chi connectivity index (χ3v) is 4.43. The quantitative estimate of drug-likeness (QED) is 0.562. The molecule has 1 saturated carbocycles. The lowest BCUT2D eigenvalue weighted by molar-refractivity contribution is -0.0614. The van der Waals surface area contributed by atoms with Crippen LogP contribution in [-0.2, 0) is 19.0 Å². The molecule has 1 aliphatic rings. The fraction of sp³-hybridized carbons (Fsp3) is 1.00. The van der Waals surface area contributed by atoms with Crippen LogP contribution in [0, 0.1) is 0 Å². The zero-order chi connectivity index (χ0) is 11.3. The lowest BCUT2D eigenvalue weighted by Crippen LogP contribution is -2.39. The minimum Gasteiger partial charge on any atom is -0.371 e. The lowest BCUT2D eigenvalue weighted by Gasteiger charge is -2.29. The molecular weight excluding hydrogens is 220 g/mol. The van der Waals surface area contributed by atoms with Gasteiger partial charge >= 0.3 is 0 Å². The normalized spacial score (nSPS) is 27.9. The highest BCUT2D eigenvalue weighted by Gasteiger charge is 2.36. The van der Waals surface area contributed by atoms with E-state index in [9.17, 15) is 8.42 Å². The molecule has 5 nitrogen and oxygen atoms in total. The van der Waals surface area contributed by atoms with Crippen LogP contribution in [-0.4, -0.2) is 38.3 Å². The van der Waals surface area contributed by atoms with Gasteiger partial charge in [0, 0.05) is 0 Å². The van der Waals surface area contributed by atoms with Gasteiger partial charge in [-0.25, -0.2) is 0 Å². The topological polar surface area (TPSA) is 72.8 Å². The van der Waals surface area contributed by atoms with Crippen molar-refractivity contribution < 1.29 is 22.4 Å². The Labute approximate surface area is 90.5 Å². The first-order valence-electron chi connectivity index (χ1n) is 5.22. The highest BCUT2D eigenvalue weighted by molar-refractivity contribution is 7.87. The second-order valence-electron chi connectivity index (χ2n) is 3.56. The highest BCUT2D eigenvalue weighted by atomic mass is 32.2. The van der Waals surface area contributed by atoms with Gasteiger partial charge in [-0.05, 0) is 19.8 Å². The van der Waals surface area contributed by atoms with Crippen molar-refractivity contribution in [2.75, 3.05) is 13.4 Å². The van der Waals surface area contributed by atoms with Crippen molar-refractivity contribution in [3.63, 3.8) is 0 Å². The van der Waals surface area contributed by atoms with Crippen LogP contribution in [0.2, 0.25) is 0 Å². The van der Waals surface area contributed by atoms with Crippen LogP contribution in [0.1, 0.15) is 32.6 Å². The van der Waals surface area contributed by atoms with Crippen molar-refractivity contribution in [1.82, 2.24) is 0 Å². The summed E-state index contributed by atoms with van der Waals surface area (Å²) in [5, 5.41) is 8.05. The van der Waals surface area contributed by atoms with Crippen molar-refractivity contribution in [3.05, 3.63) is 0 Å². The second-order valence-corrected chi connectivity index (χ2v) is 5.38. The summed E-state index contributed by atoms with van der Waals surface area (Å²) in [5.41, 5.74) is 0. The molecule has 0 aromatic rings. The summed E-state index contributed by atoms with van der Waals surface area (Å²) in [4.78, 5) is 0. The molecule has 0 radical (unpaired) electrons. The van der Waals surface area contributed by atoms with Gasteiger partial charge in [-0.3, -0.25) is 4.18 Å². The smallest absolute Gasteiger partial charge is 0.272 e. The predicted molar refractivity (Wildman–Crippen MR) is 54.8 cm³/mol. The van der Waals surface area contributed by atoms with Crippen molar-refractivity contribution in [3.8, 4) is 0 Å². The maximum Gasteiger partial charge on any atom is 0.272 e.